The first-order chi connectivity index (χ1) is 16.6. The Morgan fingerprint density at radius 1 is 1.06 bits per heavy atom. The summed E-state index contributed by atoms with van der Waals surface area (Å²) in [6, 6.07) is 15.6. The quantitative estimate of drug-likeness (QED) is 0.388. The van der Waals surface area contributed by atoms with Gasteiger partial charge in [-0.25, -0.2) is 9.97 Å². The van der Waals surface area contributed by atoms with E-state index >= 15 is 0 Å². The number of hydrogen-bond acceptors (Lipinski definition) is 4. The number of rotatable bonds is 6. The Hall–Kier alpha value is -3.38. The number of nitrogens with one attached hydrogen (secondary N) is 1. The molecule has 34 heavy (non-hydrogen) atoms. The smallest absolute Gasteiger partial charge is 0.253 e. The summed E-state index contributed by atoms with van der Waals surface area (Å²) in [5.74, 6) is 1.19. The summed E-state index contributed by atoms with van der Waals surface area (Å²) in [4.78, 5) is 22.2. The Morgan fingerprint density at radius 2 is 1.79 bits per heavy atom. The summed E-state index contributed by atoms with van der Waals surface area (Å²) in [5.41, 5.74) is 2.47. The standard InChI is InChI=1S/C27H27ClN4O2/c1-34-20-11-9-19(10-12-20)27(13-3-2-4-14-27)18-31-25(33)21-17-32(26-29-15-6-16-30-26)23-8-5-7-22(28)24(21)23/h5-12,15-17H,2-4,13-14,18H2,1H3,(H,31,33). The molecule has 2 heterocycles. The third kappa shape index (κ3) is 4.14. The van der Waals surface area contributed by atoms with Crippen molar-refractivity contribution in [2.45, 2.75) is 37.5 Å². The minimum atomic E-state index is -0.147. The van der Waals surface area contributed by atoms with E-state index in [2.05, 4.69) is 27.4 Å². The number of ether oxygens (including phenoxy) is 1. The molecule has 1 aliphatic carbocycles. The van der Waals surface area contributed by atoms with Gasteiger partial charge in [0.05, 0.1) is 23.2 Å². The predicted molar refractivity (Wildman–Crippen MR) is 134 cm³/mol. The molecule has 7 heteroatoms. The SMILES string of the molecule is COc1ccc(C2(CNC(=O)c3cn(-c4ncccn4)c4cccc(Cl)c34)CCCCC2)cc1. The maximum absolute atomic E-state index is 13.5. The molecule has 0 unspecified atom stereocenters. The number of carbonyl (C=O) groups excluding carboxylic acids is 1. The van der Waals surface area contributed by atoms with E-state index in [4.69, 9.17) is 16.3 Å². The van der Waals surface area contributed by atoms with E-state index in [0.29, 0.717) is 28.5 Å². The molecule has 5 rings (SSSR count). The fourth-order valence-electron chi connectivity index (χ4n) is 5.08. The van der Waals surface area contributed by atoms with Gasteiger partial charge >= 0.3 is 0 Å². The van der Waals surface area contributed by atoms with Crippen molar-refractivity contribution in [1.82, 2.24) is 19.9 Å². The molecule has 4 aromatic rings. The van der Waals surface area contributed by atoms with Gasteiger partial charge < -0.3 is 10.1 Å². The number of nitrogens with zero attached hydrogens (tertiary/aromatic N) is 3. The van der Waals surface area contributed by atoms with Gasteiger partial charge in [-0.15, -0.1) is 0 Å². The second-order valence-electron chi connectivity index (χ2n) is 8.85. The van der Waals surface area contributed by atoms with Gasteiger partial charge in [0.25, 0.3) is 5.91 Å². The van der Waals surface area contributed by atoms with Gasteiger partial charge in [-0.05, 0) is 48.7 Å². The van der Waals surface area contributed by atoms with Gasteiger partial charge in [0.15, 0.2) is 0 Å². The summed E-state index contributed by atoms with van der Waals surface area (Å²) in [5, 5.41) is 4.47. The molecule has 1 saturated carbocycles. The van der Waals surface area contributed by atoms with Crippen LogP contribution < -0.4 is 10.1 Å². The summed E-state index contributed by atoms with van der Waals surface area (Å²) in [6.07, 6.45) is 10.8. The molecule has 0 spiro atoms. The minimum absolute atomic E-state index is 0.0924. The number of carbonyl (C=O) groups is 1. The second kappa shape index (κ2) is 9.47. The molecule has 174 valence electrons. The van der Waals surface area contributed by atoms with E-state index in [1.165, 1.54) is 12.0 Å². The first-order valence-corrected chi connectivity index (χ1v) is 12.0. The third-order valence-corrected chi connectivity index (χ3v) is 7.21. The topological polar surface area (TPSA) is 69.0 Å². The monoisotopic (exact) mass is 474 g/mol. The highest BCUT2D eigenvalue weighted by atomic mass is 35.5. The molecule has 2 aromatic carbocycles. The van der Waals surface area contributed by atoms with E-state index in [-0.39, 0.29) is 11.3 Å². The fraction of sp³-hybridized carbons (Fsp3) is 0.296. The van der Waals surface area contributed by atoms with Gasteiger partial charge in [-0.3, -0.25) is 9.36 Å². The number of benzene rings is 2. The number of halogens is 1. The van der Waals surface area contributed by atoms with Crippen LogP contribution in [-0.2, 0) is 5.41 Å². The maximum atomic E-state index is 13.5. The van der Waals surface area contributed by atoms with Crippen molar-refractivity contribution in [3.8, 4) is 11.7 Å². The van der Waals surface area contributed by atoms with Gasteiger partial charge in [0.2, 0.25) is 5.95 Å². The van der Waals surface area contributed by atoms with Crippen LogP contribution in [0.15, 0.2) is 67.1 Å². The van der Waals surface area contributed by atoms with Crippen LogP contribution in [0.3, 0.4) is 0 Å². The van der Waals surface area contributed by atoms with E-state index in [1.54, 1.807) is 37.8 Å². The number of fused-ring (bicyclic) bond motifs is 1. The average Bonchev–Trinajstić information content (AvgIpc) is 3.30. The zero-order valence-electron chi connectivity index (χ0n) is 19.1. The van der Waals surface area contributed by atoms with Crippen molar-refractivity contribution in [1.29, 1.82) is 0 Å². The van der Waals surface area contributed by atoms with Crippen molar-refractivity contribution in [2.24, 2.45) is 0 Å². The van der Waals surface area contributed by atoms with Crippen molar-refractivity contribution in [3.05, 3.63) is 83.3 Å². The summed E-state index contributed by atoms with van der Waals surface area (Å²) in [7, 11) is 1.67. The highest BCUT2D eigenvalue weighted by Gasteiger charge is 2.34. The van der Waals surface area contributed by atoms with Crippen molar-refractivity contribution >= 4 is 28.4 Å². The molecule has 0 atom stereocenters. The molecule has 0 radical (unpaired) electrons. The molecular formula is C27H27ClN4O2. The highest BCUT2D eigenvalue weighted by molar-refractivity contribution is 6.37. The summed E-state index contributed by atoms with van der Waals surface area (Å²) >= 11 is 6.56. The van der Waals surface area contributed by atoms with E-state index in [1.807, 2.05) is 28.8 Å². The van der Waals surface area contributed by atoms with Crippen LogP contribution in [0.4, 0.5) is 0 Å². The molecule has 6 nitrogen and oxygen atoms in total. The van der Waals surface area contributed by atoms with Crippen LogP contribution in [0.1, 0.15) is 48.0 Å². The zero-order chi connectivity index (χ0) is 23.5. The lowest BCUT2D eigenvalue weighted by molar-refractivity contribution is 0.0938. The van der Waals surface area contributed by atoms with Gasteiger partial charge in [-0.1, -0.05) is 49.1 Å². The molecule has 1 aliphatic rings. The molecule has 0 bridgehead atoms. The highest BCUT2D eigenvalue weighted by Crippen LogP contribution is 2.40. The third-order valence-electron chi connectivity index (χ3n) is 6.89. The normalized spacial score (nSPS) is 15.2. The molecule has 0 saturated heterocycles. The Morgan fingerprint density at radius 3 is 2.50 bits per heavy atom. The largest absolute Gasteiger partial charge is 0.497 e. The van der Waals surface area contributed by atoms with E-state index in [9.17, 15) is 4.79 Å². The number of aromatic nitrogens is 3. The van der Waals surface area contributed by atoms with Crippen LogP contribution >= 0.6 is 11.6 Å². The predicted octanol–water partition coefficient (Wildman–Crippen LogP) is 5.71. The van der Waals surface area contributed by atoms with Crippen LogP contribution in [0, 0.1) is 0 Å². The Labute approximate surface area is 203 Å². The Balaban J connectivity index is 1.47. The van der Waals surface area contributed by atoms with Gasteiger partial charge in [-0.2, -0.15) is 0 Å². The van der Waals surface area contributed by atoms with Gasteiger partial charge in [0.1, 0.15) is 5.75 Å². The molecule has 0 aliphatic heterocycles. The number of methoxy groups -OCH3 is 1. The van der Waals surface area contributed by atoms with Crippen LogP contribution in [-0.4, -0.2) is 34.1 Å². The first kappa shape index (κ1) is 22.4. The van der Waals surface area contributed by atoms with Crippen molar-refractivity contribution < 1.29 is 9.53 Å². The minimum Gasteiger partial charge on any atom is -0.497 e. The number of amides is 1. The summed E-state index contributed by atoms with van der Waals surface area (Å²) in [6.45, 7) is 0.567. The van der Waals surface area contributed by atoms with E-state index < -0.39 is 0 Å². The lowest BCUT2D eigenvalue weighted by atomic mass is 9.69. The molecule has 1 fully saturated rings. The molecular weight excluding hydrogens is 448 g/mol. The Bertz CT molecular complexity index is 1300. The first-order valence-electron chi connectivity index (χ1n) is 11.6. The van der Waals surface area contributed by atoms with E-state index in [0.717, 1.165) is 36.9 Å². The summed E-state index contributed by atoms with van der Waals surface area (Å²) < 4.78 is 7.16. The zero-order valence-corrected chi connectivity index (χ0v) is 19.9. The lowest BCUT2D eigenvalue weighted by Crippen LogP contribution is -2.42. The van der Waals surface area contributed by atoms with Crippen molar-refractivity contribution in [2.75, 3.05) is 13.7 Å². The molecule has 2 aromatic heterocycles. The van der Waals surface area contributed by atoms with Gasteiger partial charge in [0, 0.05) is 35.9 Å². The number of hydrogen-bond donors (Lipinski definition) is 1. The fourth-order valence-corrected chi connectivity index (χ4v) is 5.35. The lowest BCUT2D eigenvalue weighted by Gasteiger charge is -2.38. The Kier molecular flexibility index (Phi) is 6.24. The molecule has 1 N–H and O–H groups in total. The average molecular weight is 475 g/mol. The second-order valence-corrected chi connectivity index (χ2v) is 9.25. The van der Waals surface area contributed by atoms with Crippen LogP contribution in [0.25, 0.3) is 16.9 Å². The van der Waals surface area contributed by atoms with Crippen LogP contribution in [0.2, 0.25) is 5.02 Å². The molecule has 1 amide bonds. The van der Waals surface area contributed by atoms with Crippen molar-refractivity contribution in [3.63, 3.8) is 0 Å². The maximum Gasteiger partial charge on any atom is 0.253 e. The van der Waals surface area contributed by atoms with Crippen LogP contribution in [0.5, 0.6) is 5.75 Å².